The van der Waals surface area contributed by atoms with Crippen LogP contribution in [0, 0.1) is 0 Å². The van der Waals surface area contributed by atoms with E-state index in [-0.39, 0.29) is 6.17 Å². The Balaban J connectivity index is 1.94. The Morgan fingerprint density at radius 2 is 1.76 bits per heavy atom. The zero-order valence-electron chi connectivity index (χ0n) is 12.2. The van der Waals surface area contributed by atoms with E-state index in [9.17, 15) is 0 Å². The zero-order chi connectivity index (χ0) is 14.7. The molecule has 1 aliphatic rings. The molecule has 1 unspecified atom stereocenters. The fourth-order valence-electron chi connectivity index (χ4n) is 2.68. The maximum absolute atomic E-state index is 6.36. The first-order chi connectivity index (χ1) is 10.3. The summed E-state index contributed by atoms with van der Waals surface area (Å²) in [5.74, 6) is 0. The minimum absolute atomic E-state index is 0.0778. The third-order valence-corrected chi connectivity index (χ3v) is 3.90. The molecule has 0 aliphatic carbocycles. The molecule has 0 spiro atoms. The molecule has 2 nitrogen and oxygen atoms in total. The molecule has 0 aromatic heterocycles. The lowest BCUT2D eigenvalue weighted by molar-refractivity contribution is 0.733. The highest BCUT2D eigenvalue weighted by Gasteiger charge is 2.18. The van der Waals surface area contributed by atoms with Crippen molar-refractivity contribution < 1.29 is 0 Å². The van der Waals surface area contributed by atoms with Crippen molar-refractivity contribution in [2.75, 3.05) is 4.90 Å². The highest BCUT2D eigenvalue weighted by atomic mass is 15.2. The predicted molar refractivity (Wildman–Crippen MR) is 89.8 cm³/mol. The minimum atomic E-state index is -0.0778. The van der Waals surface area contributed by atoms with Crippen LogP contribution in [0.1, 0.15) is 13.3 Å². The summed E-state index contributed by atoms with van der Waals surface area (Å²) in [6, 6.07) is 18.9. The first-order valence-corrected chi connectivity index (χ1v) is 7.36. The van der Waals surface area contributed by atoms with Crippen molar-refractivity contribution in [2.45, 2.75) is 19.5 Å². The molecule has 1 aliphatic heterocycles. The van der Waals surface area contributed by atoms with E-state index in [0.717, 1.165) is 12.1 Å². The van der Waals surface area contributed by atoms with Gasteiger partial charge in [-0.15, -0.1) is 0 Å². The van der Waals surface area contributed by atoms with Crippen molar-refractivity contribution in [2.24, 2.45) is 5.73 Å². The smallest absolute Gasteiger partial charge is 0.104 e. The van der Waals surface area contributed by atoms with E-state index >= 15 is 0 Å². The van der Waals surface area contributed by atoms with Crippen LogP contribution in [-0.4, -0.2) is 6.17 Å². The van der Waals surface area contributed by atoms with Gasteiger partial charge in [-0.05, 0) is 41.3 Å². The molecule has 0 bridgehead atoms. The first-order valence-electron chi connectivity index (χ1n) is 7.36. The Morgan fingerprint density at radius 1 is 1.00 bits per heavy atom. The number of hydrogen-bond acceptors (Lipinski definition) is 2. The molecule has 2 heteroatoms. The molecule has 0 saturated heterocycles. The van der Waals surface area contributed by atoms with Crippen LogP contribution in [0.4, 0.5) is 5.69 Å². The Bertz CT molecular complexity index is 671. The standard InChI is InChI=1S/C19H20N2/c1-2-15-11-7-13-21(19(15)20)18-12-6-10-17(14-18)16-8-4-3-5-9-16/h3-14,19H,2,20H2,1H3. The highest BCUT2D eigenvalue weighted by molar-refractivity contribution is 5.69. The number of anilines is 1. The van der Waals surface area contributed by atoms with Crippen LogP contribution >= 0.6 is 0 Å². The molecule has 0 saturated carbocycles. The van der Waals surface area contributed by atoms with Crippen LogP contribution in [-0.2, 0) is 0 Å². The second kappa shape index (κ2) is 5.98. The molecule has 1 heterocycles. The van der Waals surface area contributed by atoms with Gasteiger partial charge in [-0.2, -0.15) is 0 Å². The van der Waals surface area contributed by atoms with Crippen LogP contribution in [0.3, 0.4) is 0 Å². The molecule has 2 aromatic carbocycles. The fraction of sp³-hybridized carbons (Fsp3) is 0.158. The number of nitrogens with two attached hydrogens (primary N) is 1. The maximum Gasteiger partial charge on any atom is 0.104 e. The maximum atomic E-state index is 6.36. The lowest BCUT2D eigenvalue weighted by Gasteiger charge is -2.31. The van der Waals surface area contributed by atoms with E-state index in [2.05, 4.69) is 72.5 Å². The molecule has 0 radical (unpaired) electrons. The summed E-state index contributed by atoms with van der Waals surface area (Å²) in [5.41, 5.74) is 11.2. The van der Waals surface area contributed by atoms with Gasteiger partial charge in [-0.1, -0.05) is 55.5 Å². The highest BCUT2D eigenvalue weighted by Crippen LogP contribution is 2.28. The molecule has 1 atom stereocenters. The Morgan fingerprint density at radius 3 is 2.52 bits per heavy atom. The topological polar surface area (TPSA) is 29.3 Å². The Labute approximate surface area is 126 Å². The van der Waals surface area contributed by atoms with E-state index in [0.29, 0.717) is 0 Å². The summed E-state index contributed by atoms with van der Waals surface area (Å²) in [4.78, 5) is 2.13. The number of hydrogen-bond donors (Lipinski definition) is 1. The van der Waals surface area contributed by atoms with Crippen molar-refractivity contribution in [3.63, 3.8) is 0 Å². The second-order valence-electron chi connectivity index (χ2n) is 5.21. The number of allylic oxidation sites excluding steroid dienone is 2. The van der Waals surface area contributed by atoms with Crippen molar-refractivity contribution in [3.05, 3.63) is 78.5 Å². The Kier molecular flexibility index (Phi) is 3.89. The molecule has 0 amide bonds. The van der Waals surface area contributed by atoms with Crippen molar-refractivity contribution in [1.82, 2.24) is 0 Å². The average Bonchev–Trinajstić information content (AvgIpc) is 2.56. The molecule has 3 rings (SSSR count). The van der Waals surface area contributed by atoms with Crippen LogP contribution in [0.25, 0.3) is 11.1 Å². The molecule has 21 heavy (non-hydrogen) atoms. The summed E-state index contributed by atoms with van der Waals surface area (Å²) in [6.07, 6.45) is 7.12. The van der Waals surface area contributed by atoms with E-state index in [4.69, 9.17) is 5.73 Å². The molecule has 106 valence electrons. The third kappa shape index (κ3) is 2.76. The molecule has 2 N–H and O–H groups in total. The van der Waals surface area contributed by atoms with E-state index in [1.165, 1.54) is 16.7 Å². The molecule has 2 aromatic rings. The van der Waals surface area contributed by atoms with E-state index in [1.807, 2.05) is 12.3 Å². The minimum Gasteiger partial charge on any atom is -0.328 e. The lowest BCUT2D eigenvalue weighted by Crippen LogP contribution is -2.41. The number of rotatable bonds is 3. The monoisotopic (exact) mass is 276 g/mol. The third-order valence-electron chi connectivity index (χ3n) is 3.90. The van der Waals surface area contributed by atoms with Crippen LogP contribution in [0.15, 0.2) is 78.5 Å². The summed E-state index contributed by atoms with van der Waals surface area (Å²) >= 11 is 0. The van der Waals surface area contributed by atoms with E-state index < -0.39 is 0 Å². The SMILES string of the molecule is CCC1=CC=CN(c2cccc(-c3ccccc3)c2)C1N. The van der Waals surface area contributed by atoms with Crippen molar-refractivity contribution >= 4 is 5.69 Å². The summed E-state index contributed by atoms with van der Waals surface area (Å²) in [7, 11) is 0. The van der Waals surface area contributed by atoms with Crippen molar-refractivity contribution in [3.8, 4) is 11.1 Å². The quantitative estimate of drug-likeness (QED) is 0.905. The summed E-state index contributed by atoms with van der Waals surface area (Å²) in [6.45, 7) is 2.14. The first kappa shape index (κ1) is 13.7. The van der Waals surface area contributed by atoms with Gasteiger partial charge in [-0.3, -0.25) is 0 Å². The largest absolute Gasteiger partial charge is 0.328 e. The van der Waals surface area contributed by atoms with Gasteiger partial charge in [0, 0.05) is 11.9 Å². The summed E-state index contributed by atoms with van der Waals surface area (Å²) in [5, 5.41) is 0. The van der Waals surface area contributed by atoms with Gasteiger partial charge in [0.1, 0.15) is 6.17 Å². The molecular weight excluding hydrogens is 256 g/mol. The average molecular weight is 276 g/mol. The zero-order valence-corrected chi connectivity index (χ0v) is 12.2. The summed E-state index contributed by atoms with van der Waals surface area (Å²) < 4.78 is 0. The molecular formula is C19H20N2. The second-order valence-corrected chi connectivity index (χ2v) is 5.21. The van der Waals surface area contributed by atoms with Gasteiger partial charge in [0.2, 0.25) is 0 Å². The van der Waals surface area contributed by atoms with Gasteiger partial charge in [0.25, 0.3) is 0 Å². The fourth-order valence-corrected chi connectivity index (χ4v) is 2.68. The number of benzene rings is 2. The Hall–Kier alpha value is -2.32. The van der Waals surface area contributed by atoms with Gasteiger partial charge >= 0.3 is 0 Å². The molecule has 0 fully saturated rings. The van der Waals surface area contributed by atoms with Crippen LogP contribution in [0.5, 0.6) is 0 Å². The van der Waals surface area contributed by atoms with Crippen molar-refractivity contribution in [1.29, 1.82) is 0 Å². The van der Waals surface area contributed by atoms with Gasteiger partial charge in [0.15, 0.2) is 0 Å². The predicted octanol–water partition coefficient (Wildman–Crippen LogP) is 4.31. The van der Waals surface area contributed by atoms with Gasteiger partial charge < -0.3 is 10.6 Å². The van der Waals surface area contributed by atoms with Crippen LogP contribution < -0.4 is 10.6 Å². The van der Waals surface area contributed by atoms with Gasteiger partial charge in [0.05, 0.1) is 0 Å². The lowest BCUT2D eigenvalue weighted by atomic mass is 10.0. The van der Waals surface area contributed by atoms with Gasteiger partial charge in [-0.25, -0.2) is 0 Å². The normalized spacial score (nSPS) is 17.7. The van der Waals surface area contributed by atoms with E-state index in [1.54, 1.807) is 0 Å². The number of nitrogens with zero attached hydrogens (tertiary/aromatic N) is 1. The van der Waals surface area contributed by atoms with Crippen LogP contribution in [0.2, 0.25) is 0 Å².